The number of pyridine rings is 1. The Labute approximate surface area is 207 Å². The van der Waals surface area contributed by atoms with Crippen molar-refractivity contribution in [3.8, 4) is 34.1 Å². The fourth-order valence-electron chi connectivity index (χ4n) is 4.20. The number of nitrogens with one attached hydrogen (secondary N) is 1. The SMILES string of the molecule is Cn1cc(-c2c(-c3c(C(F)F)nn4c3OCCC4)[nH]c3ncccc23)c(OC(F)F)n1.NC(=O)C1CC1. The molecule has 0 saturated heterocycles. The molecule has 6 rings (SSSR count). The van der Waals surface area contributed by atoms with E-state index in [1.54, 1.807) is 19.2 Å². The number of aromatic amines is 1. The number of carbonyl (C=O) groups is 1. The molecule has 1 aliphatic heterocycles. The molecule has 196 valence electrons. The van der Waals surface area contributed by atoms with Gasteiger partial charge in [0.05, 0.1) is 23.4 Å². The van der Waals surface area contributed by atoms with Gasteiger partial charge in [-0.3, -0.25) is 9.48 Å². The van der Waals surface area contributed by atoms with Gasteiger partial charge in [-0.15, -0.1) is 5.10 Å². The molecule has 10 nitrogen and oxygen atoms in total. The molecule has 0 aromatic carbocycles. The second kappa shape index (κ2) is 9.75. The van der Waals surface area contributed by atoms with E-state index in [1.807, 2.05) is 0 Å². The fraction of sp³-hybridized carbons (Fsp3) is 0.391. The number of amides is 1. The molecule has 4 aromatic heterocycles. The van der Waals surface area contributed by atoms with Crippen molar-refractivity contribution in [2.45, 2.75) is 38.8 Å². The standard InChI is InChI=1S/C19H16F4N6O2.C4H7NO/c1-28-8-10(17(27-28)31-19(22)23)11-9-4-2-5-24-16(9)25-13(11)12-14(15(20)21)26-29-6-3-7-30-18(12)29;5-4(6)3-1-2-3/h2,4-5,8,15,19H,3,6-7H2,1H3,(H,24,25);3H,1-2H2,(H2,5,6). The molecule has 0 bridgehead atoms. The summed E-state index contributed by atoms with van der Waals surface area (Å²) in [5.41, 5.74) is 5.61. The lowest BCUT2D eigenvalue weighted by molar-refractivity contribution is -0.119. The summed E-state index contributed by atoms with van der Waals surface area (Å²) < 4.78 is 66.9. The summed E-state index contributed by atoms with van der Waals surface area (Å²) in [6.07, 6.45) is 2.81. The lowest BCUT2D eigenvalue weighted by atomic mass is 10.0. The molecule has 1 amide bonds. The highest BCUT2D eigenvalue weighted by molar-refractivity contribution is 6.04. The molecule has 0 spiro atoms. The van der Waals surface area contributed by atoms with Crippen LogP contribution < -0.4 is 15.2 Å². The van der Waals surface area contributed by atoms with Crippen LogP contribution in [0.2, 0.25) is 0 Å². The number of ether oxygens (including phenoxy) is 2. The van der Waals surface area contributed by atoms with Crippen molar-refractivity contribution in [3.05, 3.63) is 30.2 Å². The first kappa shape index (κ1) is 24.6. The number of fused-ring (bicyclic) bond motifs is 2. The molecule has 5 heterocycles. The maximum Gasteiger partial charge on any atom is 0.388 e. The highest BCUT2D eigenvalue weighted by atomic mass is 19.3. The number of primary amides is 1. The van der Waals surface area contributed by atoms with Crippen LogP contribution in [0.25, 0.3) is 33.4 Å². The Morgan fingerprint density at radius 1 is 1.24 bits per heavy atom. The third-order valence-corrected chi connectivity index (χ3v) is 5.96. The number of halogens is 4. The molecule has 3 N–H and O–H groups in total. The first-order valence-corrected chi connectivity index (χ1v) is 11.5. The molecule has 1 aliphatic carbocycles. The van der Waals surface area contributed by atoms with Gasteiger partial charge in [0.15, 0.2) is 0 Å². The van der Waals surface area contributed by atoms with Crippen LogP contribution >= 0.6 is 0 Å². The van der Waals surface area contributed by atoms with Crippen molar-refractivity contribution in [2.24, 2.45) is 18.7 Å². The number of nitrogens with two attached hydrogens (primary N) is 1. The topological polar surface area (TPSA) is 126 Å². The molecule has 14 heteroatoms. The molecular formula is C23H23F4N7O3. The summed E-state index contributed by atoms with van der Waals surface area (Å²) >= 11 is 0. The van der Waals surface area contributed by atoms with Gasteiger partial charge in [-0.2, -0.15) is 13.9 Å². The van der Waals surface area contributed by atoms with Crippen LogP contribution in [0.4, 0.5) is 17.6 Å². The highest BCUT2D eigenvalue weighted by Crippen LogP contribution is 2.47. The maximum atomic E-state index is 13.9. The monoisotopic (exact) mass is 521 g/mol. The third kappa shape index (κ3) is 4.82. The van der Waals surface area contributed by atoms with Gasteiger partial charge in [-0.25, -0.2) is 18.4 Å². The lowest BCUT2D eigenvalue weighted by Gasteiger charge is -2.16. The van der Waals surface area contributed by atoms with Gasteiger partial charge in [0.25, 0.3) is 6.43 Å². The number of H-pyrrole nitrogens is 1. The van der Waals surface area contributed by atoms with Gasteiger partial charge >= 0.3 is 6.61 Å². The predicted molar refractivity (Wildman–Crippen MR) is 123 cm³/mol. The van der Waals surface area contributed by atoms with E-state index in [2.05, 4.69) is 24.9 Å². The van der Waals surface area contributed by atoms with Crippen molar-refractivity contribution >= 4 is 16.9 Å². The smallest absolute Gasteiger partial charge is 0.388 e. The Hall–Kier alpha value is -4.10. The summed E-state index contributed by atoms with van der Waals surface area (Å²) in [4.78, 5) is 17.3. The zero-order valence-electron chi connectivity index (χ0n) is 19.6. The van der Waals surface area contributed by atoms with Crippen LogP contribution in [-0.2, 0) is 18.4 Å². The molecule has 0 atom stereocenters. The average molecular weight is 521 g/mol. The first-order chi connectivity index (χ1) is 17.7. The Bertz CT molecular complexity index is 1440. The largest absolute Gasteiger partial charge is 0.477 e. The van der Waals surface area contributed by atoms with Crippen LogP contribution in [-0.4, -0.2) is 48.7 Å². The summed E-state index contributed by atoms with van der Waals surface area (Å²) in [7, 11) is 1.55. The molecule has 1 saturated carbocycles. The van der Waals surface area contributed by atoms with E-state index in [1.165, 1.54) is 21.8 Å². The van der Waals surface area contributed by atoms with Crippen molar-refractivity contribution in [1.82, 2.24) is 29.5 Å². The van der Waals surface area contributed by atoms with E-state index in [0.29, 0.717) is 36.2 Å². The first-order valence-electron chi connectivity index (χ1n) is 11.5. The minimum Gasteiger partial charge on any atom is -0.477 e. The number of hydrogen-bond acceptors (Lipinski definition) is 6. The number of aryl methyl sites for hydroxylation is 2. The molecule has 37 heavy (non-hydrogen) atoms. The Morgan fingerprint density at radius 2 is 2.03 bits per heavy atom. The number of carbonyl (C=O) groups excluding carboxylic acids is 1. The van der Waals surface area contributed by atoms with E-state index >= 15 is 0 Å². The van der Waals surface area contributed by atoms with Crippen LogP contribution in [0, 0.1) is 5.92 Å². The van der Waals surface area contributed by atoms with Gasteiger partial charge in [0.1, 0.15) is 11.3 Å². The van der Waals surface area contributed by atoms with E-state index in [-0.39, 0.29) is 40.4 Å². The molecule has 4 aromatic rings. The van der Waals surface area contributed by atoms with Crippen molar-refractivity contribution in [2.75, 3.05) is 6.61 Å². The van der Waals surface area contributed by atoms with Crippen molar-refractivity contribution < 1.29 is 31.8 Å². The molecule has 1 fully saturated rings. The average Bonchev–Trinajstić information content (AvgIpc) is 3.42. The Morgan fingerprint density at radius 3 is 2.68 bits per heavy atom. The lowest BCUT2D eigenvalue weighted by Crippen LogP contribution is -2.15. The number of alkyl halides is 4. The summed E-state index contributed by atoms with van der Waals surface area (Å²) in [6, 6.07) is 3.36. The Kier molecular flexibility index (Phi) is 6.48. The van der Waals surface area contributed by atoms with Gasteiger partial charge in [0.2, 0.25) is 17.7 Å². The summed E-state index contributed by atoms with van der Waals surface area (Å²) in [6.45, 7) is -2.33. The van der Waals surface area contributed by atoms with Crippen LogP contribution in [0.5, 0.6) is 11.8 Å². The second-order valence-corrected chi connectivity index (χ2v) is 8.64. The van der Waals surface area contributed by atoms with Crippen LogP contribution in [0.3, 0.4) is 0 Å². The van der Waals surface area contributed by atoms with Gasteiger partial charge in [-0.1, -0.05) is 0 Å². The van der Waals surface area contributed by atoms with Gasteiger partial charge in [-0.05, 0) is 25.0 Å². The van der Waals surface area contributed by atoms with Gasteiger partial charge in [0, 0.05) is 49.3 Å². The van der Waals surface area contributed by atoms with E-state index in [0.717, 1.165) is 12.8 Å². The molecule has 2 aliphatic rings. The molecule has 0 radical (unpaired) electrons. The minimum absolute atomic E-state index is 0.0644. The normalized spacial score (nSPS) is 14.9. The van der Waals surface area contributed by atoms with Gasteiger partial charge < -0.3 is 20.2 Å². The zero-order valence-corrected chi connectivity index (χ0v) is 19.6. The van der Waals surface area contributed by atoms with Crippen LogP contribution in [0.15, 0.2) is 24.5 Å². The number of aromatic nitrogens is 6. The third-order valence-electron chi connectivity index (χ3n) is 5.96. The van der Waals surface area contributed by atoms with E-state index in [4.69, 9.17) is 10.5 Å². The Balaban J connectivity index is 0.000000412. The quantitative estimate of drug-likeness (QED) is 0.369. The number of hydrogen-bond donors (Lipinski definition) is 2. The maximum absolute atomic E-state index is 13.9. The van der Waals surface area contributed by atoms with Crippen molar-refractivity contribution in [3.63, 3.8) is 0 Å². The fourth-order valence-corrected chi connectivity index (χ4v) is 4.20. The number of nitrogens with zero attached hydrogens (tertiary/aromatic N) is 5. The summed E-state index contributed by atoms with van der Waals surface area (Å²) in [5, 5.41) is 8.53. The summed E-state index contributed by atoms with van der Waals surface area (Å²) in [5.74, 6) is -0.0290. The predicted octanol–water partition coefficient (Wildman–Crippen LogP) is 4.03. The number of rotatable bonds is 6. The van der Waals surface area contributed by atoms with Crippen molar-refractivity contribution in [1.29, 1.82) is 0 Å². The van der Waals surface area contributed by atoms with E-state index < -0.39 is 18.7 Å². The minimum atomic E-state index is -3.11. The zero-order chi connectivity index (χ0) is 26.3. The second-order valence-electron chi connectivity index (χ2n) is 8.64. The molecule has 0 unspecified atom stereocenters. The van der Waals surface area contributed by atoms with E-state index in [9.17, 15) is 22.4 Å². The molecular weight excluding hydrogens is 498 g/mol. The van der Waals surface area contributed by atoms with Crippen LogP contribution in [0.1, 0.15) is 31.4 Å². The highest BCUT2D eigenvalue weighted by Gasteiger charge is 2.33.